The molecular weight excluding hydrogens is 361 g/mol. The Morgan fingerprint density at radius 1 is 1.04 bits per heavy atom. The van der Waals surface area contributed by atoms with Crippen molar-refractivity contribution in [2.24, 2.45) is 0 Å². The Morgan fingerprint density at radius 3 is 2.11 bits per heavy atom. The fraction of sp³-hybridized carbons (Fsp3) is 0.619. The van der Waals surface area contributed by atoms with Gasteiger partial charge in [-0.05, 0) is 55.0 Å². The highest BCUT2D eigenvalue weighted by atomic mass is 31.0. The summed E-state index contributed by atoms with van der Waals surface area (Å²) in [6.45, 7) is 11.8. The number of hydrogen-bond acceptors (Lipinski definition) is 4. The third-order valence-corrected chi connectivity index (χ3v) is 4.76. The number of benzene rings is 1. The van der Waals surface area contributed by atoms with Crippen LogP contribution in [0.25, 0.3) is 0 Å². The van der Waals surface area contributed by atoms with E-state index < -0.39 is 5.54 Å². The molecule has 2 atom stereocenters. The fourth-order valence-corrected chi connectivity index (χ4v) is 3.10. The van der Waals surface area contributed by atoms with Gasteiger partial charge in [0.05, 0.1) is 30.0 Å². The number of hydrogen-bond donors (Lipinski definition) is 0. The van der Waals surface area contributed by atoms with Crippen molar-refractivity contribution in [3.63, 3.8) is 0 Å². The number of imide groups is 1. The second kappa shape index (κ2) is 11.5. The fourth-order valence-electron chi connectivity index (χ4n) is 2.90. The van der Waals surface area contributed by atoms with Crippen molar-refractivity contribution < 1.29 is 19.1 Å². The van der Waals surface area contributed by atoms with E-state index in [1.165, 1.54) is 4.90 Å². The highest BCUT2D eigenvalue weighted by Crippen LogP contribution is 2.31. The van der Waals surface area contributed by atoms with Crippen LogP contribution in [0.1, 0.15) is 68.2 Å². The lowest BCUT2D eigenvalue weighted by Gasteiger charge is -2.34. The van der Waals surface area contributed by atoms with Crippen LogP contribution in [-0.4, -0.2) is 54.3 Å². The van der Waals surface area contributed by atoms with Gasteiger partial charge in [-0.2, -0.15) is 0 Å². The molecule has 27 heavy (non-hydrogen) atoms. The maximum Gasteiger partial charge on any atom is 0.262 e. The summed E-state index contributed by atoms with van der Waals surface area (Å²) < 4.78 is 11.3. The Kier molecular flexibility index (Phi) is 10.1. The molecule has 2 rings (SSSR count). The molecule has 2 unspecified atom stereocenters. The van der Waals surface area contributed by atoms with Crippen molar-refractivity contribution in [1.29, 1.82) is 0 Å². The predicted molar refractivity (Wildman–Crippen MR) is 114 cm³/mol. The van der Waals surface area contributed by atoms with Crippen LogP contribution in [0.15, 0.2) is 24.3 Å². The monoisotopic (exact) mass is 396 g/mol. The molecule has 0 bridgehead atoms. The summed E-state index contributed by atoms with van der Waals surface area (Å²) in [5.41, 5.74) is 0.388. The lowest BCUT2D eigenvalue weighted by Crippen LogP contribution is -2.48. The van der Waals surface area contributed by atoms with E-state index in [2.05, 4.69) is 0 Å². The number of carbonyl (C=O) groups is 2. The van der Waals surface area contributed by atoms with Gasteiger partial charge in [0.1, 0.15) is 0 Å². The van der Waals surface area contributed by atoms with Gasteiger partial charge < -0.3 is 9.47 Å². The molecule has 6 heteroatoms. The second-order valence-electron chi connectivity index (χ2n) is 6.99. The van der Waals surface area contributed by atoms with Crippen LogP contribution >= 0.6 is 9.24 Å². The molecule has 0 N–H and O–H groups in total. The van der Waals surface area contributed by atoms with E-state index in [4.69, 9.17) is 9.47 Å². The van der Waals surface area contributed by atoms with Crippen molar-refractivity contribution in [3.8, 4) is 0 Å². The Labute approximate surface area is 166 Å². The molecule has 1 aromatic rings. The number of rotatable bonds is 10. The van der Waals surface area contributed by atoms with Crippen LogP contribution in [0, 0.1) is 0 Å². The van der Waals surface area contributed by atoms with Gasteiger partial charge in [-0.3, -0.25) is 14.5 Å². The highest BCUT2D eigenvalue weighted by Gasteiger charge is 2.43. The lowest BCUT2D eigenvalue weighted by atomic mass is 9.98. The summed E-state index contributed by atoms with van der Waals surface area (Å²) in [4.78, 5) is 26.6. The molecule has 0 fully saturated rings. The van der Waals surface area contributed by atoms with Crippen molar-refractivity contribution in [3.05, 3.63) is 35.4 Å². The highest BCUT2D eigenvalue weighted by molar-refractivity contribution is 7.16. The molecule has 1 heterocycles. The SMILES string of the molecule is CC.CC(CCOCC[PH3+])OCCC(C)(C)N1C(=O)c2ccccc2C1=O. The molecular formula is C21H35NO4P+. The standard InChI is InChI=1S/C19H28NO4P.C2H6/c1-14(8-10-23-12-13-25)24-11-9-19(2,3)20-17(21)15-6-4-5-7-16(15)18(20)22;1-2/h4-7,14H,8-13,25H2,1-3H3;1-2H3/p+1. The molecule has 5 nitrogen and oxygen atoms in total. The maximum atomic E-state index is 12.6. The summed E-state index contributed by atoms with van der Waals surface area (Å²) in [5.74, 6) is -0.431. The smallest absolute Gasteiger partial charge is 0.262 e. The van der Waals surface area contributed by atoms with Gasteiger partial charge in [-0.1, -0.05) is 26.0 Å². The van der Waals surface area contributed by atoms with Gasteiger partial charge in [0.2, 0.25) is 0 Å². The number of ether oxygens (including phenoxy) is 2. The van der Waals surface area contributed by atoms with Crippen LogP contribution in [-0.2, 0) is 9.47 Å². The van der Waals surface area contributed by atoms with E-state index in [-0.39, 0.29) is 17.9 Å². The molecule has 1 aliphatic rings. The molecule has 152 valence electrons. The largest absolute Gasteiger partial charge is 0.378 e. The normalized spacial score (nSPS) is 14.8. The Hall–Kier alpha value is -1.29. The first-order valence-electron chi connectivity index (χ1n) is 9.85. The molecule has 0 aromatic heterocycles. The Bertz CT molecular complexity index is 583. The minimum Gasteiger partial charge on any atom is -0.378 e. The lowest BCUT2D eigenvalue weighted by molar-refractivity contribution is 0.0118. The van der Waals surface area contributed by atoms with Crippen LogP contribution in [0.4, 0.5) is 0 Å². The van der Waals surface area contributed by atoms with Crippen LogP contribution < -0.4 is 0 Å². The molecule has 2 amide bonds. The van der Waals surface area contributed by atoms with Gasteiger partial charge in [0, 0.05) is 18.8 Å². The molecule has 1 aromatic carbocycles. The van der Waals surface area contributed by atoms with E-state index in [1.807, 2.05) is 43.9 Å². The number of fused-ring (bicyclic) bond motifs is 1. The molecule has 0 spiro atoms. The average molecular weight is 396 g/mol. The number of carbonyl (C=O) groups excluding carboxylic acids is 2. The van der Waals surface area contributed by atoms with Crippen molar-refractivity contribution in [1.82, 2.24) is 4.90 Å². The molecule has 0 aliphatic carbocycles. The van der Waals surface area contributed by atoms with Gasteiger partial charge in [-0.15, -0.1) is 0 Å². The summed E-state index contributed by atoms with van der Waals surface area (Å²) in [6, 6.07) is 6.99. The van der Waals surface area contributed by atoms with E-state index in [1.54, 1.807) is 24.3 Å². The quantitative estimate of drug-likeness (QED) is 0.342. The minimum absolute atomic E-state index is 0.0947. The first kappa shape index (κ1) is 23.7. The third kappa shape index (κ3) is 6.38. The zero-order chi connectivity index (χ0) is 20.4. The van der Waals surface area contributed by atoms with Crippen LogP contribution in [0.5, 0.6) is 0 Å². The van der Waals surface area contributed by atoms with Crippen molar-refractivity contribution in [2.75, 3.05) is 26.0 Å². The van der Waals surface area contributed by atoms with Gasteiger partial charge in [-0.25, -0.2) is 0 Å². The predicted octanol–water partition coefficient (Wildman–Crippen LogP) is 3.90. The van der Waals surface area contributed by atoms with E-state index in [0.29, 0.717) is 30.8 Å². The second-order valence-corrected chi connectivity index (χ2v) is 7.70. The molecule has 0 saturated heterocycles. The van der Waals surface area contributed by atoms with Crippen LogP contribution in [0.2, 0.25) is 0 Å². The van der Waals surface area contributed by atoms with Crippen LogP contribution in [0.3, 0.4) is 0 Å². The van der Waals surface area contributed by atoms with Gasteiger partial charge in [0.15, 0.2) is 0 Å². The third-order valence-electron chi connectivity index (χ3n) is 4.47. The summed E-state index contributed by atoms with van der Waals surface area (Å²) in [6.07, 6.45) is 2.58. The number of nitrogens with zero attached hydrogens (tertiary/aromatic N) is 1. The van der Waals surface area contributed by atoms with Crippen molar-refractivity contribution >= 4 is 21.1 Å². The number of amides is 2. The first-order chi connectivity index (χ1) is 12.9. The summed E-state index contributed by atoms with van der Waals surface area (Å²) in [7, 11) is 1.90. The van der Waals surface area contributed by atoms with E-state index >= 15 is 0 Å². The zero-order valence-electron chi connectivity index (χ0n) is 17.4. The van der Waals surface area contributed by atoms with Gasteiger partial charge >= 0.3 is 0 Å². The van der Waals surface area contributed by atoms with Gasteiger partial charge in [0.25, 0.3) is 11.8 Å². The van der Waals surface area contributed by atoms with Crippen molar-refractivity contribution in [2.45, 2.75) is 59.1 Å². The minimum atomic E-state index is -0.591. The Morgan fingerprint density at radius 2 is 1.59 bits per heavy atom. The molecule has 0 saturated carbocycles. The topological polar surface area (TPSA) is 55.8 Å². The summed E-state index contributed by atoms with van der Waals surface area (Å²) in [5, 5.41) is 0. The average Bonchev–Trinajstić information content (AvgIpc) is 2.92. The molecule has 0 radical (unpaired) electrons. The maximum absolute atomic E-state index is 12.6. The molecule has 1 aliphatic heterocycles. The summed E-state index contributed by atoms with van der Waals surface area (Å²) >= 11 is 0. The van der Waals surface area contributed by atoms with E-state index in [9.17, 15) is 9.59 Å². The Balaban J connectivity index is 0.00000176. The van der Waals surface area contributed by atoms with E-state index in [0.717, 1.165) is 19.2 Å². The first-order valence-corrected chi connectivity index (χ1v) is 10.8. The zero-order valence-corrected chi connectivity index (χ0v) is 18.8.